The number of benzene rings is 1. The number of rotatable bonds is 4. The summed E-state index contributed by atoms with van der Waals surface area (Å²) in [5.41, 5.74) is 3.27. The predicted molar refractivity (Wildman–Crippen MR) is 101 cm³/mol. The zero-order valence-electron chi connectivity index (χ0n) is 15.8. The van der Waals surface area contributed by atoms with Crippen LogP contribution in [0.15, 0.2) is 36.5 Å². The second-order valence-corrected chi connectivity index (χ2v) is 7.46. The summed E-state index contributed by atoms with van der Waals surface area (Å²) < 4.78 is 28.3. The van der Waals surface area contributed by atoms with Crippen molar-refractivity contribution < 1.29 is 13.6 Å². The molecule has 0 saturated heterocycles. The molecule has 0 bridgehead atoms. The Morgan fingerprint density at radius 3 is 2.64 bits per heavy atom. The topological polar surface area (TPSA) is 61.9 Å². The fourth-order valence-corrected chi connectivity index (χ4v) is 3.66. The van der Waals surface area contributed by atoms with Gasteiger partial charge in [-0.05, 0) is 37.5 Å². The van der Waals surface area contributed by atoms with Gasteiger partial charge in [0.15, 0.2) is 5.69 Å². The SMILES string of the molecule is Cc1ccc(N2C(=O)c3n[nH]c(CC(C)C)c3C2c2ccc(F)cc2F)cn1. The van der Waals surface area contributed by atoms with Crippen molar-refractivity contribution in [2.75, 3.05) is 4.90 Å². The molecule has 4 rings (SSSR count). The number of aryl methyl sites for hydroxylation is 1. The van der Waals surface area contributed by atoms with E-state index in [1.54, 1.807) is 18.3 Å². The lowest BCUT2D eigenvalue weighted by Crippen LogP contribution is -2.30. The third-order valence-electron chi connectivity index (χ3n) is 4.88. The molecule has 1 N–H and O–H groups in total. The normalized spacial score (nSPS) is 16.1. The van der Waals surface area contributed by atoms with E-state index >= 15 is 0 Å². The van der Waals surface area contributed by atoms with E-state index in [0.29, 0.717) is 23.6 Å². The minimum Gasteiger partial charge on any atom is -0.293 e. The van der Waals surface area contributed by atoms with E-state index in [9.17, 15) is 13.6 Å². The highest BCUT2D eigenvalue weighted by atomic mass is 19.1. The average molecular weight is 382 g/mol. The summed E-state index contributed by atoms with van der Waals surface area (Å²) in [7, 11) is 0. The number of pyridine rings is 1. The van der Waals surface area contributed by atoms with Crippen LogP contribution in [-0.2, 0) is 6.42 Å². The van der Waals surface area contributed by atoms with Gasteiger partial charge in [0, 0.05) is 28.6 Å². The summed E-state index contributed by atoms with van der Waals surface area (Å²) >= 11 is 0. The largest absolute Gasteiger partial charge is 0.293 e. The standard InChI is InChI=1S/C21H20F2N4O/c1-11(2)8-17-18-19(26-25-17)21(28)27(14-6-4-12(3)24-10-14)20(18)15-7-5-13(22)9-16(15)23/h4-7,9-11,20H,8H2,1-3H3,(H,25,26). The quantitative estimate of drug-likeness (QED) is 0.730. The predicted octanol–water partition coefficient (Wildman–Crippen LogP) is 4.34. The smallest absolute Gasteiger partial charge is 0.280 e. The molecule has 28 heavy (non-hydrogen) atoms. The number of fused-ring (bicyclic) bond motifs is 1. The van der Waals surface area contributed by atoms with E-state index in [0.717, 1.165) is 17.5 Å². The summed E-state index contributed by atoms with van der Waals surface area (Å²) in [5.74, 6) is -1.38. The highest BCUT2D eigenvalue weighted by molar-refractivity contribution is 6.10. The van der Waals surface area contributed by atoms with Gasteiger partial charge in [-0.1, -0.05) is 19.9 Å². The molecule has 3 aromatic rings. The first kappa shape index (κ1) is 18.3. The highest BCUT2D eigenvalue weighted by Gasteiger charge is 2.44. The van der Waals surface area contributed by atoms with Crippen LogP contribution in [0.4, 0.5) is 14.5 Å². The maximum Gasteiger partial charge on any atom is 0.280 e. The summed E-state index contributed by atoms with van der Waals surface area (Å²) in [4.78, 5) is 18.9. The maximum absolute atomic E-state index is 14.8. The van der Waals surface area contributed by atoms with Crippen LogP contribution >= 0.6 is 0 Å². The van der Waals surface area contributed by atoms with Crippen molar-refractivity contribution in [1.82, 2.24) is 15.2 Å². The van der Waals surface area contributed by atoms with E-state index in [4.69, 9.17) is 0 Å². The lowest BCUT2D eigenvalue weighted by molar-refractivity contribution is 0.0988. The van der Waals surface area contributed by atoms with E-state index in [2.05, 4.69) is 29.0 Å². The number of amides is 1. The zero-order chi connectivity index (χ0) is 20.0. The molecule has 1 atom stereocenters. The molecule has 1 aliphatic rings. The van der Waals surface area contributed by atoms with Crippen LogP contribution < -0.4 is 4.90 Å². The monoisotopic (exact) mass is 382 g/mol. The Hall–Kier alpha value is -3.09. The van der Waals surface area contributed by atoms with Crippen LogP contribution in [0.2, 0.25) is 0 Å². The number of carbonyl (C=O) groups is 1. The lowest BCUT2D eigenvalue weighted by Gasteiger charge is -2.26. The minimum absolute atomic E-state index is 0.223. The molecule has 0 radical (unpaired) electrons. The number of hydrogen-bond acceptors (Lipinski definition) is 3. The van der Waals surface area contributed by atoms with Gasteiger partial charge < -0.3 is 0 Å². The van der Waals surface area contributed by atoms with Gasteiger partial charge in [0.1, 0.15) is 11.6 Å². The molecule has 1 aliphatic heterocycles. The molecule has 2 aromatic heterocycles. The third-order valence-corrected chi connectivity index (χ3v) is 4.88. The number of anilines is 1. The van der Waals surface area contributed by atoms with Gasteiger partial charge in [-0.15, -0.1) is 0 Å². The van der Waals surface area contributed by atoms with Gasteiger partial charge in [-0.2, -0.15) is 5.10 Å². The van der Waals surface area contributed by atoms with Crippen molar-refractivity contribution in [2.45, 2.75) is 33.2 Å². The van der Waals surface area contributed by atoms with Gasteiger partial charge in [0.25, 0.3) is 5.91 Å². The van der Waals surface area contributed by atoms with Crippen LogP contribution in [-0.4, -0.2) is 21.1 Å². The minimum atomic E-state index is -0.736. The Kier molecular flexibility index (Phi) is 4.45. The Labute approximate surface area is 161 Å². The molecule has 0 spiro atoms. The second kappa shape index (κ2) is 6.82. The summed E-state index contributed by atoms with van der Waals surface area (Å²) in [5, 5.41) is 7.15. The van der Waals surface area contributed by atoms with Crippen LogP contribution in [0, 0.1) is 24.5 Å². The molecule has 1 amide bonds. The molecule has 0 fully saturated rings. The Bertz CT molecular complexity index is 1040. The lowest BCUT2D eigenvalue weighted by atomic mass is 9.95. The Morgan fingerprint density at radius 1 is 1.21 bits per heavy atom. The molecule has 7 heteroatoms. The van der Waals surface area contributed by atoms with Crippen molar-refractivity contribution in [1.29, 1.82) is 0 Å². The van der Waals surface area contributed by atoms with Crippen LogP contribution in [0.1, 0.15) is 52.9 Å². The van der Waals surface area contributed by atoms with Gasteiger partial charge in [0.05, 0.1) is 17.9 Å². The molecule has 0 aliphatic carbocycles. The summed E-state index contributed by atoms with van der Waals surface area (Å²) in [6, 6.07) is 6.25. The number of carbonyl (C=O) groups excluding carboxylic acids is 1. The third kappa shape index (κ3) is 2.96. The van der Waals surface area contributed by atoms with Gasteiger partial charge in [0.2, 0.25) is 0 Å². The number of hydrogen-bond donors (Lipinski definition) is 1. The van der Waals surface area contributed by atoms with Gasteiger partial charge >= 0.3 is 0 Å². The molecule has 5 nitrogen and oxygen atoms in total. The van der Waals surface area contributed by atoms with Crippen LogP contribution in [0.25, 0.3) is 0 Å². The van der Waals surface area contributed by atoms with E-state index < -0.39 is 17.7 Å². The van der Waals surface area contributed by atoms with E-state index in [1.807, 2.05) is 6.92 Å². The average Bonchev–Trinajstić information content (AvgIpc) is 3.15. The molecule has 144 valence electrons. The van der Waals surface area contributed by atoms with E-state index in [1.165, 1.54) is 17.0 Å². The first-order valence-electron chi connectivity index (χ1n) is 9.15. The molecule has 0 saturated carbocycles. The Balaban J connectivity index is 1.92. The molecule has 1 unspecified atom stereocenters. The van der Waals surface area contributed by atoms with Gasteiger partial charge in [-0.25, -0.2) is 8.78 Å². The number of aromatic nitrogens is 3. The number of nitrogens with one attached hydrogen (secondary N) is 1. The van der Waals surface area contributed by atoms with Crippen LogP contribution in [0.3, 0.4) is 0 Å². The first-order chi connectivity index (χ1) is 13.4. The van der Waals surface area contributed by atoms with Crippen molar-refractivity contribution in [3.8, 4) is 0 Å². The fraction of sp³-hybridized carbons (Fsp3) is 0.286. The second-order valence-electron chi connectivity index (χ2n) is 7.46. The number of halogens is 2. The summed E-state index contributed by atoms with van der Waals surface area (Å²) in [6.07, 6.45) is 2.24. The zero-order valence-corrected chi connectivity index (χ0v) is 15.8. The highest BCUT2D eigenvalue weighted by Crippen LogP contribution is 2.43. The number of nitrogens with zero attached hydrogens (tertiary/aromatic N) is 3. The summed E-state index contributed by atoms with van der Waals surface area (Å²) in [6.45, 7) is 5.96. The number of aromatic amines is 1. The maximum atomic E-state index is 14.8. The molecule has 3 heterocycles. The van der Waals surface area contributed by atoms with E-state index in [-0.39, 0.29) is 17.2 Å². The van der Waals surface area contributed by atoms with Gasteiger partial charge in [-0.3, -0.25) is 19.8 Å². The van der Waals surface area contributed by atoms with Crippen molar-refractivity contribution in [3.63, 3.8) is 0 Å². The van der Waals surface area contributed by atoms with Crippen LogP contribution in [0.5, 0.6) is 0 Å². The fourth-order valence-electron chi connectivity index (χ4n) is 3.66. The van der Waals surface area contributed by atoms with Crippen molar-refractivity contribution >= 4 is 11.6 Å². The van der Waals surface area contributed by atoms with Crippen molar-refractivity contribution in [2.24, 2.45) is 5.92 Å². The number of H-pyrrole nitrogens is 1. The van der Waals surface area contributed by atoms with Crippen molar-refractivity contribution in [3.05, 3.63) is 76.4 Å². The first-order valence-corrected chi connectivity index (χ1v) is 9.15. The Morgan fingerprint density at radius 2 is 2.00 bits per heavy atom. The molecule has 1 aromatic carbocycles. The molecular weight excluding hydrogens is 362 g/mol. The molecular formula is C21H20F2N4O.